The fourth-order valence-electron chi connectivity index (χ4n) is 1.74. The van der Waals surface area contributed by atoms with Crippen molar-refractivity contribution in [3.63, 3.8) is 0 Å². The molecular formula is C12H13ClFN3. The van der Waals surface area contributed by atoms with Crippen LogP contribution in [0.4, 0.5) is 4.39 Å². The van der Waals surface area contributed by atoms with E-state index in [0.29, 0.717) is 5.28 Å². The molecule has 0 N–H and O–H groups in total. The molecule has 1 aromatic heterocycles. The molecule has 0 aliphatic heterocycles. The Hall–Kier alpha value is -1.42. The second-order valence-electron chi connectivity index (χ2n) is 4.25. The third-order valence-electron chi connectivity index (χ3n) is 2.56. The van der Waals surface area contributed by atoms with Gasteiger partial charge in [-0.3, -0.25) is 4.57 Å². The van der Waals surface area contributed by atoms with Gasteiger partial charge in [-0.2, -0.15) is 0 Å². The molecule has 0 aliphatic carbocycles. The highest BCUT2D eigenvalue weighted by Gasteiger charge is 2.16. The van der Waals surface area contributed by atoms with Crippen molar-refractivity contribution in [2.75, 3.05) is 0 Å². The fourth-order valence-corrected chi connectivity index (χ4v) is 1.96. The Bertz CT molecular complexity index is 549. The number of benzene rings is 1. The first-order valence-corrected chi connectivity index (χ1v) is 5.76. The molecule has 0 amide bonds. The highest BCUT2D eigenvalue weighted by atomic mass is 35.5. The predicted octanol–water partition coefficient (Wildman–Crippen LogP) is 3.49. The van der Waals surface area contributed by atoms with E-state index in [1.54, 1.807) is 10.6 Å². The van der Waals surface area contributed by atoms with Crippen LogP contribution < -0.4 is 0 Å². The average molecular weight is 254 g/mol. The second kappa shape index (κ2) is 4.45. The molecule has 0 saturated carbocycles. The van der Waals surface area contributed by atoms with E-state index in [-0.39, 0.29) is 11.7 Å². The summed E-state index contributed by atoms with van der Waals surface area (Å²) in [6, 6.07) is 4.56. The van der Waals surface area contributed by atoms with E-state index in [1.807, 2.05) is 20.8 Å². The smallest absolute Gasteiger partial charge is 0.229 e. The van der Waals surface area contributed by atoms with Crippen LogP contribution in [-0.4, -0.2) is 14.8 Å². The predicted molar refractivity (Wildman–Crippen MR) is 65.2 cm³/mol. The van der Waals surface area contributed by atoms with Crippen LogP contribution in [0.15, 0.2) is 18.2 Å². The van der Waals surface area contributed by atoms with Gasteiger partial charge in [0.2, 0.25) is 5.28 Å². The normalized spacial score (nSPS) is 11.2. The zero-order valence-electron chi connectivity index (χ0n) is 9.91. The SMILES string of the molecule is Cc1cc(F)ccc1-n1c(Cl)nnc1C(C)C. The lowest BCUT2D eigenvalue weighted by Gasteiger charge is -2.12. The molecule has 0 fully saturated rings. The number of hydrogen-bond acceptors (Lipinski definition) is 2. The number of nitrogens with zero attached hydrogens (tertiary/aromatic N) is 3. The van der Waals surface area contributed by atoms with Gasteiger partial charge in [-0.05, 0) is 42.3 Å². The molecule has 0 atom stereocenters. The van der Waals surface area contributed by atoms with Gasteiger partial charge in [-0.15, -0.1) is 10.2 Å². The van der Waals surface area contributed by atoms with Crippen LogP contribution in [0, 0.1) is 12.7 Å². The van der Waals surface area contributed by atoms with Crippen LogP contribution in [0.5, 0.6) is 0 Å². The third kappa shape index (κ3) is 2.17. The summed E-state index contributed by atoms with van der Waals surface area (Å²) in [5.74, 6) is 0.700. The monoisotopic (exact) mass is 253 g/mol. The Morgan fingerprint density at radius 2 is 2.00 bits per heavy atom. The highest BCUT2D eigenvalue weighted by molar-refractivity contribution is 6.28. The van der Waals surface area contributed by atoms with Crippen LogP contribution in [0.1, 0.15) is 31.2 Å². The average Bonchev–Trinajstić information content (AvgIpc) is 2.60. The van der Waals surface area contributed by atoms with Crippen molar-refractivity contribution in [3.05, 3.63) is 40.7 Å². The minimum absolute atomic E-state index is 0.194. The second-order valence-corrected chi connectivity index (χ2v) is 4.59. The summed E-state index contributed by atoms with van der Waals surface area (Å²) in [5.41, 5.74) is 1.61. The summed E-state index contributed by atoms with van der Waals surface area (Å²) in [6.45, 7) is 5.85. The van der Waals surface area contributed by atoms with Crippen molar-refractivity contribution in [3.8, 4) is 5.69 Å². The summed E-state index contributed by atoms with van der Waals surface area (Å²) in [5, 5.41) is 8.20. The molecule has 2 aromatic rings. The first kappa shape index (κ1) is 12.0. The van der Waals surface area contributed by atoms with Gasteiger partial charge in [0.1, 0.15) is 11.6 Å². The maximum Gasteiger partial charge on any atom is 0.229 e. The van der Waals surface area contributed by atoms with Crippen molar-refractivity contribution in [2.45, 2.75) is 26.7 Å². The van der Waals surface area contributed by atoms with Crippen molar-refractivity contribution < 1.29 is 4.39 Å². The number of halogens is 2. The van der Waals surface area contributed by atoms with Gasteiger partial charge in [0.25, 0.3) is 0 Å². The number of aromatic nitrogens is 3. The molecule has 5 heteroatoms. The maximum absolute atomic E-state index is 13.1. The molecule has 0 radical (unpaired) electrons. The lowest BCUT2D eigenvalue weighted by molar-refractivity contribution is 0.625. The summed E-state index contributed by atoms with van der Waals surface area (Å²) in [7, 11) is 0. The van der Waals surface area contributed by atoms with E-state index >= 15 is 0 Å². The Labute approximate surface area is 104 Å². The quantitative estimate of drug-likeness (QED) is 0.820. The van der Waals surface area contributed by atoms with E-state index in [2.05, 4.69) is 10.2 Å². The molecule has 2 rings (SSSR count). The van der Waals surface area contributed by atoms with Gasteiger partial charge in [0.05, 0.1) is 5.69 Å². The van der Waals surface area contributed by atoms with Crippen LogP contribution in [0.3, 0.4) is 0 Å². The minimum atomic E-state index is -0.262. The largest absolute Gasteiger partial charge is 0.269 e. The lowest BCUT2D eigenvalue weighted by Crippen LogP contribution is -2.05. The summed E-state index contributed by atoms with van der Waals surface area (Å²) < 4.78 is 14.8. The fraction of sp³-hybridized carbons (Fsp3) is 0.333. The minimum Gasteiger partial charge on any atom is -0.269 e. The zero-order chi connectivity index (χ0) is 12.6. The van der Waals surface area contributed by atoms with Crippen LogP contribution in [-0.2, 0) is 0 Å². The number of rotatable bonds is 2. The molecule has 3 nitrogen and oxygen atoms in total. The lowest BCUT2D eigenvalue weighted by atomic mass is 10.1. The molecule has 0 bridgehead atoms. The third-order valence-corrected chi connectivity index (χ3v) is 2.81. The van der Waals surface area contributed by atoms with Crippen LogP contribution in [0.25, 0.3) is 5.69 Å². The molecule has 1 aromatic carbocycles. The van der Waals surface area contributed by atoms with Crippen molar-refractivity contribution in [1.82, 2.24) is 14.8 Å². The van der Waals surface area contributed by atoms with Gasteiger partial charge in [0.15, 0.2) is 0 Å². The molecule has 0 unspecified atom stereocenters. The summed E-state index contributed by atoms with van der Waals surface area (Å²) in [6.07, 6.45) is 0. The van der Waals surface area contributed by atoms with Gasteiger partial charge in [-0.1, -0.05) is 13.8 Å². The molecule has 17 heavy (non-hydrogen) atoms. The van der Waals surface area contributed by atoms with Crippen molar-refractivity contribution in [1.29, 1.82) is 0 Å². The van der Waals surface area contributed by atoms with E-state index in [1.165, 1.54) is 12.1 Å². The Balaban J connectivity index is 2.63. The van der Waals surface area contributed by atoms with E-state index in [4.69, 9.17) is 11.6 Å². The first-order chi connectivity index (χ1) is 8.00. The molecule has 1 heterocycles. The summed E-state index contributed by atoms with van der Waals surface area (Å²) >= 11 is 6.03. The Morgan fingerprint density at radius 1 is 1.29 bits per heavy atom. The first-order valence-electron chi connectivity index (χ1n) is 5.38. The maximum atomic E-state index is 13.1. The topological polar surface area (TPSA) is 30.7 Å². The van der Waals surface area contributed by atoms with Gasteiger partial charge in [-0.25, -0.2) is 4.39 Å². The van der Waals surface area contributed by atoms with Crippen molar-refractivity contribution >= 4 is 11.6 Å². The van der Waals surface area contributed by atoms with Gasteiger partial charge < -0.3 is 0 Å². The Kier molecular flexibility index (Phi) is 3.15. The molecule has 0 saturated heterocycles. The van der Waals surface area contributed by atoms with Crippen LogP contribution >= 0.6 is 11.6 Å². The van der Waals surface area contributed by atoms with E-state index in [9.17, 15) is 4.39 Å². The molecular weight excluding hydrogens is 241 g/mol. The standard InChI is InChI=1S/C12H13ClFN3/c1-7(2)11-15-16-12(13)17(11)10-5-4-9(14)6-8(10)3/h4-7H,1-3H3. The molecule has 0 spiro atoms. The Morgan fingerprint density at radius 3 is 2.59 bits per heavy atom. The van der Waals surface area contributed by atoms with Crippen LogP contribution in [0.2, 0.25) is 5.28 Å². The van der Waals surface area contributed by atoms with E-state index in [0.717, 1.165) is 17.1 Å². The number of hydrogen-bond donors (Lipinski definition) is 0. The molecule has 90 valence electrons. The van der Waals surface area contributed by atoms with Gasteiger partial charge >= 0.3 is 0 Å². The van der Waals surface area contributed by atoms with Crippen molar-refractivity contribution in [2.24, 2.45) is 0 Å². The molecule has 0 aliphatic rings. The zero-order valence-corrected chi connectivity index (χ0v) is 10.7. The number of aryl methyl sites for hydroxylation is 1. The highest BCUT2D eigenvalue weighted by Crippen LogP contribution is 2.24. The van der Waals surface area contributed by atoms with E-state index < -0.39 is 0 Å². The summed E-state index contributed by atoms with van der Waals surface area (Å²) in [4.78, 5) is 0. The van der Waals surface area contributed by atoms with Gasteiger partial charge in [0, 0.05) is 5.92 Å².